The molecule has 5 rings (SSSR count). The summed E-state index contributed by atoms with van der Waals surface area (Å²) in [7, 11) is -3.56. The van der Waals surface area contributed by atoms with E-state index in [1.54, 1.807) is 25.7 Å². The molecule has 1 saturated heterocycles. The van der Waals surface area contributed by atoms with Crippen LogP contribution in [0.2, 0.25) is 0 Å². The lowest BCUT2D eigenvalue weighted by atomic mass is 9.79. The summed E-state index contributed by atoms with van der Waals surface area (Å²) < 4.78 is 25.8. The normalized spacial score (nSPS) is 27.3. The number of hydrogen-bond acceptors (Lipinski definition) is 7. The van der Waals surface area contributed by atoms with Crippen LogP contribution in [0, 0.1) is 28.6 Å². The quantitative estimate of drug-likeness (QED) is 0.156. The Labute approximate surface area is 304 Å². The van der Waals surface area contributed by atoms with E-state index in [9.17, 15) is 32.4 Å². The molecule has 0 aromatic carbocycles. The van der Waals surface area contributed by atoms with Crippen molar-refractivity contribution in [3.63, 3.8) is 0 Å². The summed E-state index contributed by atoms with van der Waals surface area (Å²) in [6, 6.07) is -3.37. The fourth-order valence-electron chi connectivity index (χ4n) is 9.09. The van der Waals surface area contributed by atoms with Gasteiger partial charge in [-0.1, -0.05) is 71.8 Å². The zero-order valence-electron chi connectivity index (χ0n) is 31.6. The molecule has 5 atom stereocenters. The van der Waals surface area contributed by atoms with Crippen LogP contribution in [0.25, 0.3) is 0 Å². The first-order chi connectivity index (χ1) is 23.8. The Bertz CT molecular complexity index is 1500. The van der Waals surface area contributed by atoms with E-state index in [0.29, 0.717) is 38.6 Å². The Morgan fingerprint density at radius 1 is 0.922 bits per heavy atom. The van der Waals surface area contributed by atoms with Crippen molar-refractivity contribution in [2.24, 2.45) is 28.6 Å². The van der Waals surface area contributed by atoms with E-state index in [2.05, 4.69) is 41.7 Å². The number of sulfone groups is 1. The Balaban J connectivity index is 1.38. The van der Waals surface area contributed by atoms with Crippen LogP contribution in [0.1, 0.15) is 119 Å². The predicted octanol–water partition coefficient (Wildman–Crippen LogP) is 3.79. The first kappa shape index (κ1) is 39.3. The van der Waals surface area contributed by atoms with Crippen molar-refractivity contribution < 1.29 is 32.4 Å². The van der Waals surface area contributed by atoms with Crippen LogP contribution in [0.5, 0.6) is 0 Å². The van der Waals surface area contributed by atoms with Gasteiger partial charge in [0.2, 0.25) is 17.6 Å². The molecule has 4 N–H and O–H groups in total. The highest BCUT2D eigenvalue weighted by atomic mass is 32.2. The van der Waals surface area contributed by atoms with Crippen molar-refractivity contribution in [1.82, 2.24) is 26.2 Å². The summed E-state index contributed by atoms with van der Waals surface area (Å²) in [6.45, 7) is 15.2. The van der Waals surface area contributed by atoms with Gasteiger partial charge in [-0.05, 0) is 81.5 Å². The molecule has 1 aliphatic heterocycles. The average molecular weight is 732 g/mol. The molecule has 5 fully saturated rings. The zero-order chi connectivity index (χ0) is 37.6. The van der Waals surface area contributed by atoms with Crippen LogP contribution in [0.15, 0.2) is 12.7 Å². The molecule has 4 aliphatic carbocycles. The molecule has 4 saturated carbocycles. The Morgan fingerprint density at radius 2 is 1.53 bits per heavy atom. The number of nitrogens with zero attached hydrogens (tertiary/aromatic N) is 1. The van der Waals surface area contributed by atoms with Gasteiger partial charge in [0.25, 0.3) is 5.91 Å². The largest absolute Gasteiger partial charge is 0.346 e. The molecule has 51 heavy (non-hydrogen) atoms. The maximum Gasteiger partial charge on any atom is 0.315 e. The number of piperidine rings is 1. The van der Waals surface area contributed by atoms with Gasteiger partial charge in [-0.3, -0.25) is 19.2 Å². The van der Waals surface area contributed by atoms with Gasteiger partial charge in [0.05, 0.1) is 22.1 Å². The number of rotatable bonds is 14. The van der Waals surface area contributed by atoms with E-state index in [0.717, 1.165) is 44.9 Å². The smallest absolute Gasteiger partial charge is 0.315 e. The minimum atomic E-state index is -3.56. The molecule has 0 aromatic rings. The number of ketones is 1. The second kappa shape index (κ2) is 14.5. The monoisotopic (exact) mass is 731 g/mol. The van der Waals surface area contributed by atoms with Gasteiger partial charge in [0, 0.05) is 13.1 Å². The fraction of sp³-hybridized carbons (Fsp3) is 0.816. The summed E-state index contributed by atoms with van der Waals surface area (Å²) in [5.74, 6) is -2.27. The molecule has 0 spiro atoms. The van der Waals surface area contributed by atoms with Crippen molar-refractivity contribution in [3.8, 4) is 0 Å². The third-order valence-electron chi connectivity index (χ3n) is 12.8. The van der Waals surface area contributed by atoms with Crippen LogP contribution >= 0.6 is 0 Å². The molecule has 5 amide bonds. The third kappa shape index (κ3) is 8.33. The van der Waals surface area contributed by atoms with E-state index < -0.39 is 67.3 Å². The van der Waals surface area contributed by atoms with Gasteiger partial charge in [0.15, 0.2) is 9.84 Å². The minimum absolute atomic E-state index is 0.0737. The Morgan fingerprint density at radius 3 is 2.10 bits per heavy atom. The summed E-state index contributed by atoms with van der Waals surface area (Å²) in [6.07, 6.45) is 10.5. The third-order valence-corrected chi connectivity index (χ3v) is 15.6. The zero-order valence-corrected chi connectivity index (χ0v) is 32.4. The number of carbonyl (C=O) groups is 5. The molecule has 0 unspecified atom stereocenters. The SMILES string of the molecule is C=CCNC(=O)C(=O)[C@H](CC1CC1)NC(=O)[C@@H]1[C@@H]2[C@H](CN1C(=O)[C@@H](NC(=O)NC1(CS(=O)(=O)C(C)(C)C)CCCCC1)C1(C)CCCC1)C2(C)C. The van der Waals surface area contributed by atoms with Crippen LogP contribution in [0.4, 0.5) is 4.79 Å². The number of amides is 5. The number of nitrogens with one attached hydrogen (secondary N) is 4. The molecular weight excluding hydrogens is 671 g/mol. The van der Waals surface area contributed by atoms with E-state index in [-0.39, 0.29) is 41.4 Å². The number of likely N-dealkylation sites (tertiary alicyclic amines) is 1. The van der Waals surface area contributed by atoms with Crippen LogP contribution < -0.4 is 21.3 Å². The van der Waals surface area contributed by atoms with Crippen LogP contribution in [-0.4, -0.2) is 90.1 Å². The van der Waals surface area contributed by atoms with Gasteiger partial charge in [-0.25, -0.2) is 13.2 Å². The predicted molar refractivity (Wildman–Crippen MR) is 195 cm³/mol. The molecule has 13 heteroatoms. The summed E-state index contributed by atoms with van der Waals surface area (Å²) >= 11 is 0. The average Bonchev–Trinajstić information content (AvgIpc) is 3.80. The van der Waals surface area contributed by atoms with Crippen molar-refractivity contribution >= 4 is 39.4 Å². The van der Waals surface area contributed by atoms with E-state index >= 15 is 0 Å². The summed E-state index contributed by atoms with van der Waals surface area (Å²) in [5.41, 5.74) is -1.70. The topological polar surface area (TPSA) is 171 Å². The molecule has 12 nitrogen and oxygen atoms in total. The van der Waals surface area contributed by atoms with E-state index in [1.807, 2.05) is 6.92 Å². The van der Waals surface area contributed by atoms with Crippen molar-refractivity contribution in [2.75, 3.05) is 18.8 Å². The first-order valence-corrected chi connectivity index (χ1v) is 20.8. The van der Waals surface area contributed by atoms with E-state index in [4.69, 9.17) is 0 Å². The standard InChI is InChI=1S/C38H61N5O7S/c1-8-20-39-32(46)29(44)26(21-24-14-15-24)40-31(45)28-27-25(36(27,5)6)22-43(28)33(47)30(37(7)16-12-13-17-37)41-34(48)42-38(18-10-9-11-19-38)23-51(49,50)35(2,3)4/h8,24-28,30H,1,9-23H2,2-7H3,(H,39,46)(H,40,45)(H2,41,42,48)/t25-,26-,27-,28-,30+/m0/s1. The molecule has 0 aromatic heterocycles. The van der Waals surface area contributed by atoms with Crippen LogP contribution in [-0.2, 0) is 29.0 Å². The molecule has 5 aliphatic rings. The fourth-order valence-corrected chi connectivity index (χ4v) is 10.6. The number of carbonyl (C=O) groups excluding carboxylic acids is 5. The highest BCUT2D eigenvalue weighted by molar-refractivity contribution is 7.92. The lowest BCUT2D eigenvalue weighted by molar-refractivity contribution is -0.145. The lowest BCUT2D eigenvalue weighted by Crippen LogP contribution is -2.64. The summed E-state index contributed by atoms with van der Waals surface area (Å²) in [4.78, 5) is 70.5. The second-order valence-electron chi connectivity index (χ2n) is 18.1. The first-order valence-electron chi connectivity index (χ1n) is 19.1. The van der Waals surface area contributed by atoms with Gasteiger partial charge in [-0.15, -0.1) is 6.58 Å². The van der Waals surface area contributed by atoms with Gasteiger partial charge in [0.1, 0.15) is 12.1 Å². The summed E-state index contributed by atoms with van der Waals surface area (Å²) in [5, 5.41) is 11.5. The number of urea groups is 1. The number of fused-ring (bicyclic) bond motifs is 1. The van der Waals surface area contributed by atoms with Crippen molar-refractivity contribution in [2.45, 2.75) is 147 Å². The van der Waals surface area contributed by atoms with Gasteiger partial charge >= 0.3 is 6.03 Å². The Kier molecular flexibility index (Phi) is 11.1. The van der Waals surface area contributed by atoms with Gasteiger partial charge in [-0.2, -0.15) is 0 Å². The van der Waals surface area contributed by atoms with Crippen molar-refractivity contribution in [3.05, 3.63) is 12.7 Å². The van der Waals surface area contributed by atoms with Crippen LogP contribution in [0.3, 0.4) is 0 Å². The van der Waals surface area contributed by atoms with E-state index in [1.165, 1.54) is 6.08 Å². The molecule has 286 valence electrons. The van der Waals surface area contributed by atoms with Gasteiger partial charge < -0.3 is 26.2 Å². The minimum Gasteiger partial charge on any atom is -0.346 e. The Hall–Kier alpha value is -2.96. The maximum absolute atomic E-state index is 14.8. The molecule has 0 radical (unpaired) electrons. The number of hydrogen-bond donors (Lipinski definition) is 4. The maximum atomic E-state index is 14.8. The molecule has 1 heterocycles. The lowest BCUT2D eigenvalue weighted by Gasteiger charge is -2.42. The highest BCUT2D eigenvalue weighted by Crippen LogP contribution is 2.65. The second-order valence-corrected chi connectivity index (χ2v) is 20.8. The number of Topliss-reactive ketones (excluding diaryl/α,β-unsaturated/α-hetero) is 1. The highest BCUT2D eigenvalue weighted by Gasteiger charge is 2.70. The van der Waals surface area contributed by atoms with Crippen molar-refractivity contribution in [1.29, 1.82) is 0 Å². The molecule has 0 bridgehead atoms. The molecular formula is C38H61N5O7S.